The van der Waals surface area contributed by atoms with Crippen molar-refractivity contribution >= 4 is 36.5 Å². The molecule has 0 aliphatic carbocycles. The van der Waals surface area contributed by atoms with E-state index < -0.39 is 0 Å². The summed E-state index contributed by atoms with van der Waals surface area (Å²) in [6.07, 6.45) is 23.5. The standard InChI is InChI=1S/C27H21N3/c1(22-7-13-28-14-8-22)4-25-19-26(5-2-23-9-15-29-16-10-23)21-27(20-25)6-3-24-11-17-30-18-12-24/h1-21H. The molecule has 3 aromatic heterocycles. The first-order valence-corrected chi connectivity index (χ1v) is 9.75. The average molecular weight is 387 g/mol. The summed E-state index contributed by atoms with van der Waals surface area (Å²) in [5.41, 5.74) is 6.78. The summed E-state index contributed by atoms with van der Waals surface area (Å²) >= 11 is 0. The van der Waals surface area contributed by atoms with Gasteiger partial charge in [-0.05, 0) is 88.0 Å². The fourth-order valence-corrected chi connectivity index (χ4v) is 2.99. The highest BCUT2D eigenvalue weighted by atomic mass is 14.6. The molecule has 3 heterocycles. The fourth-order valence-electron chi connectivity index (χ4n) is 2.99. The van der Waals surface area contributed by atoms with Crippen molar-refractivity contribution in [2.45, 2.75) is 0 Å². The van der Waals surface area contributed by atoms with E-state index >= 15 is 0 Å². The van der Waals surface area contributed by atoms with Gasteiger partial charge in [-0.25, -0.2) is 0 Å². The Labute approximate surface area is 176 Å². The number of nitrogens with zero attached hydrogens (tertiary/aromatic N) is 3. The van der Waals surface area contributed by atoms with Crippen LogP contribution in [0.3, 0.4) is 0 Å². The lowest BCUT2D eigenvalue weighted by Crippen LogP contribution is -1.82. The Hall–Kier alpha value is -4.11. The van der Waals surface area contributed by atoms with Crippen LogP contribution in [0.2, 0.25) is 0 Å². The average Bonchev–Trinajstić information content (AvgIpc) is 2.82. The van der Waals surface area contributed by atoms with Gasteiger partial charge in [-0.3, -0.25) is 15.0 Å². The lowest BCUT2D eigenvalue weighted by molar-refractivity contribution is 1.32. The second-order valence-corrected chi connectivity index (χ2v) is 6.77. The molecule has 0 amide bonds. The van der Waals surface area contributed by atoms with Gasteiger partial charge in [0, 0.05) is 37.2 Å². The third-order valence-corrected chi connectivity index (χ3v) is 4.52. The van der Waals surface area contributed by atoms with Crippen molar-refractivity contribution in [2.24, 2.45) is 0 Å². The number of aromatic nitrogens is 3. The molecule has 0 N–H and O–H groups in total. The van der Waals surface area contributed by atoms with Gasteiger partial charge < -0.3 is 0 Å². The highest BCUT2D eigenvalue weighted by molar-refractivity contribution is 5.78. The molecule has 30 heavy (non-hydrogen) atoms. The van der Waals surface area contributed by atoms with Crippen LogP contribution in [0, 0.1) is 0 Å². The van der Waals surface area contributed by atoms with Gasteiger partial charge in [0.1, 0.15) is 0 Å². The van der Waals surface area contributed by atoms with Crippen molar-refractivity contribution in [3.63, 3.8) is 0 Å². The van der Waals surface area contributed by atoms with Crippen molar-refractivity contribution < 1.29 is 0 Å². The summed E-state index contributed by atoms with van der Waals surface area (Å²) in [6, 6.07) is 18.5. The van der Waals surface area contributed by atoms with Crippen LogP contribution in [0.15, 0.2) is 91.8 Å². The molecule has 1 aromatic carbocycles. The van der Waals surface area contributed by atoms with Crippen LogP contribution in [-0.2, 0) is 0 Å². The van der Waals surface area contributed by atoms with E-state index in [1.807, 2.05) is 36.4 Å². The van der Waals surface area contributed by atoms with Crippen molar-refractivity contribution in [1.29, 1.82) is 0 Å². The molecule has 0 atom stereocenters. The molecule has 144 valence electrons. The minimum Gasteiger partial charge on any atom is -0.265 e. The van der Waals surface area contributed by atoms with Crippen LogP contribution in [0.25, 0.3) is 36.5 Å². The molecule has 3 nitrogen and oxygen atoms in total. The van der Waals surface area contributed by atoms with Crippen molar-refractivity contribution in [1.82, 2.24) is 15.0 Å². The molecule has 0 saturated carbocycles. The summed E-state index contributed by atoms with van der Waals surface area (Å²) in [7, 11) is 0. The molecule has 4 rings (SSSR count). The minimum absolute atomic E-state index is 1.12. The van der Waals surface area contributed by atoms with Gasteiger partial charge in [-0.15, -0.1) is 0 Å². The third-order valence-electron chi connectivity index (χ3n) is 4.52. The SMILES string of the molecule is C(=Cc1cc(C=Cc2ccncc2)cc(C=Cc2ccncc2)c1)c1ccncc1. The topological polar surface area (TPSA) is 38.7 Å². The summed E-state index contributed by atoms with van der Waals surface area (Å²) in [5.74, 6) is 0. The molecule has 0 saturated heterocycles. The van der Waals surface area contributed by atoms with Gasteiger partial charge in [-0.2, -0.15) is 0 Å². The van der Waals surface area contributed by atoms with Gasteiger partial charge in [0.05, 0.1) is 0 Å². The van der Waals surface area contributed by atoms with Gasteiger partial charge in [-0.1, -0.05) is 36.5 Å². The van der Waals surface area contributed by atoms with E-state index in [4.69, 9.17) is 0 Å². The van der Waals surface area contributed by atoms with Crippen molar-refractivity contribution in [3.05, 3.63) is 125 Å². The van der Waals surface area contributed by atoms with Gasteiger partial charge in [0.2, 0.25) is 0 Å². The zero-order chi connectivity index (χ0) is 20.4. The zero-order valence-electron chi connectivity index (χ0n) is 16.5. The largest absolute Gasteiger partial charge is 0.265 e. The molecule has 0 radical (unpaired) electrons. The Morgan fingerprint density at radius 2 is 0.567 bits per heavy atom. The molecular weight excluding hydrogens is 366 g/mol. The molecule has 0 spiro atoms. The predicted octanol–water partition coefficient (Wildman–Crippen LogP) is 6.38. The van der Waals surface area contributed by atoms with Crippen molar-refractivity contribution in [2.75, 3.05) is 0 Å². The molecular formula is C27H21N3. The quantitative estimate of drug-likeness (QED) is 0.385. The minimum atomic E-state index is 1.12. The first kappa shape index (κ1) is 19.2. The summed E-state index contributed by atoms with van der Waals surface area (Å²) in [5, 5.41) is 0. The van der Waals surface area contributed by atoms with E-state index in [0.717, 1.165) is 33.4 Å². The van der Waals surface area contributed by atoms with Gasteiger partial charge in [0.25, 0.3) is 0 Å². The maximum atomic E-state index is 4.07. The summed E-state index contributed by atoms with van der Waals surface area (Å²) < 4.78 is 0. The van der Waals surface area contributed by atoms with Gasteiger partial charge in [0.15, 0.2) is 0 Å². The highest BCUT2D eigenvalue weighted by Gasteiger charge is 1.97. The van der Waals surface area contributed by atoms with Crippen LogP contribution >= 0.6 is 0 Å². The highest BCUT2D eigenvalue weighted by Crippen LogP contribution is 2.18. The van der Waals surface area contributed by atoms with Crippen LogP contribution in [0.4, 0.5) is 0 Å². The fraction of sp³-hybridized carbons (Fsp3) is 0. The maximum Gasteiger partial charge on any atom is 0.0273 e. The second-order valence-electron chi connectivity index (χ2n) is 6.77. The lowest BCUT2D eigenvalue weighted by atomic mass is 10.0. The van der Waals surface area contributed by atoms with E-state index in [-0.39, 0.29) is 0 Å². The molecule has 4 aromatic rings. The zero-order valence-corrected chi connectivity index (χ0v) is 16.5. The summed E-state index contributed by atoms with van der Waals surface area (Å²) in [6.45, 7) is 0. The maximum absolute atomic E-state index is 4.07. The second kappa shape index (κ2) is 9.89. The molecule has 0 unspecified atom stereocenters. The van der Waals surface area contributed by atoms with Crippen molar-refractivity contribution in [3.8, 4) is 0 Å². The van der Waals surface area contributed by atoms with E-state index in [9.17, 15) is 0 Å². The Balaban J connectivity index is 1.65. The van der Waals surface area contributed by atoms with Crippen LogP contribution in [0.5, 0.6) is 0 Å². The smallest absolute Gasteiger partial charge is 0.0273 e. The lowest BCUT2D eigenvalue weighted by Gasteiger charge is -2.03. The van der Waals surface area contributed by atoms with Gasteiger partial charge >= 0.3 is 0 Å². The Morgan fingerprint density at radius 1 is 0.333 bits per heavy atom. The number of benzene rings is 1. The number of pyridine rings is 3. The molecule has 0 aliphatic rings. The van der Waals surface area contributed by atoms with Crippen LogP contribution < -0.4 is 0 Å². The molecule has 0 fully saturated rings. The number of rotatable bonds is 6. The van der Waals surface area contributed by atoms with E-state index in [2.05, 4.69) is 69.6 Å². The van der Waals surface area contributed by atoms with E-state index in [1.165, 1.54) is 0 Å². The van der Waals surface area contributed by atoms with Crippen LogP contribution in [0.1, 0.15) is 33.4 Å². The monoisotopic (exact) mass is 387 g/mol. The van der Waals surface area contributed by atoms with E-state index in [0.29, 0.717) is 0 Å². The van der Waals surface area contributed by atoms with E-state index in [1.54, 1.807) is 37.2 Å². The Bertz CT molecular complexity index is 999. The summed E-state index contributed by atoms with van der Waals surface area (Å²) in [4.78, 5) is 12.2. The number of hydrogen-bond acceptors (Lipinski definition) is 3. The molecule has 3 heteroatoms. The van der Waals surface area contributed by atoms with Crippen LogP contribution in [-0.4, -0.2) is 15.0 Å². The third kappa shape index (κ3) is 5.69. The Morgan fingerprint density at radius 3 is 0.833 bits per heavy atom. The Kier molecular flexibility index (Phi) is 6.34. The first-order valence-electron chi connectivity index (χ1n) is 9.75. The first-order chi connectivity index (χ1) is 14.8. The molecule has 0 aliphatic heterocycles. The number of hydrogen-bond donors (Lipinski definition) is 0. The normalized spacial score (nSPS) is 11.6. The molecule has 0 bridgehead atoms. The predicted molar refractivity (Wildman–Crippen MR) is 126 cm³/mol.